The Labute approximate surface area is 231 Å². The summed E-state index contributed by atoms with van der Waals surface area (Å²) >= 11 is 0. The summed E-state index contributed by atoms with van der Waals surface area (Å²) in [4.78, 5) is 76.3. The van der Waals surface area contributed by atoms with Gasteiger partial charge in [0.1, 0.15) is 24.2 Å². The summed E-state index contributed by atoms with van der Waals surface area (Å²) in [5.41, 5.74) is 16.1. The zero-order chi connectivity index (χ0) is 31.0. The molecule has 0 aliphatic rings. The van der Waals surface area contributed by atoms with Crippen molar-refractivity contribution in [2.75, 3.05) is 13.2 Å². The van der Waals surface area contributed by atoms with E-state index in [-0.39, 0.29) is 50.5 Å². The monoisotopic (exact) mass is 574 g/mol. The number of aliphatic imine (C=N–C) groups is 1. The molecule has 4 amide bonds. The summed E-state index contributed by atoms with van der Waals surface area (Å²) in [5, 5.41) is 37.2. The number of aliphatic carboxylic acids is 2. The smallest absolute Gasteiger partial charge is 0.326 e. The summed E-state index contributed by atoms with van der Waals surface area (Å²) in [6, 6.07) is -6.37. The third-order valence-electron chi connectivity index (χ3n) is 5.47. The largest absolute Gasteiger partial charge is 0.481 e. The van der Waals surface area contributed by atoms with Gasteiger partial charge in [0, 0.05) is 13.0 Å². The number of nitrogens with one attached hydrogen (secondary N) is 4. The van der Waals surface area contributed by atoms with Crippen LogP contribution >= 0.6 is 0 Å². The van der Waals surface area contributed by atoms with Crippen molar-refractivity contribution >= 4 is 41.5 Å². The van der Waals surface area contributed by atoms with E-state index < -0.39 is 72.4 Å². The second-order valence-corrected chi connectivity index (χ2v) is 9.55. The van der Waals surface area contributed by atoms with E-state index in [4.69, 9.17) is 22.3 Å². The second-order valence-electron chi connectivity index (χ2n) is 9.55. The number of carbonyl (C=O) groups is 6. The first-order valence-corrected chi connectivity index (χ1v) is 12.7. The van der Waals surface area contributed by atoms with Gasteiger partial charge in [-0.3, -0.25) is 29.0 Å². The number of hydrogen-bond acceptors (Lipinski definition) is 9. The molecule has 228 valence electrons. The van der Waals surface area contributed by atoms with E-state index >= 15 is 0 Å². The molecule has 13 N–H and O–H groups in total. The van der Waals surface area contributed by atoms with E-state index in [1.807, 2.05) is 0 Å². The van der Waals surface area contributed by atoms with Crippen LogP contribution in [0.4, 0.5) is 0 Å². The molecule has 0 unspecified atom stereocenters. The normalized spacial score (nSPS) is 14.6. The van der Waals surface area contributed by atoms with Crippen LogP contribution in [0.2, 0.25) is 0 Å². The van der Waals surface area contributed by atoms with E-state index in [9.17, 15) is 39.0 Å². The molecule has 0 bridgehead atoms. The van der Waals surface area contributed by atoms with Gasteiger partial charge in [-0.1, -0.05) is 13.8 Å². The lowest BCUT2D eigenvalue weighted by Gasteiger charge is -2.25. The Hall–Kier alpha value is -3.99. The van der Waals surface area contributed by atoms with Gasteiger partial charge in [0.2, 0.25) is 23.6 Å². The average Bonchev–Trinajstić information content (AvgIpc) is 2.85. The van der Waals surface area contributed by atoms with E-state index in [0.29, 0.717) is 0 Å². The quantitative estimate of drug-likeness (QED) is 0.0405. The van der Waals surface area contributed by atoms with E-state index in [1.54, 1.807) is 13.8 Å². The van der Waals surface area contributed by atoms with Crippen molar-refractivity contribution < 1.29 is 44.1 Å². The van der Waals surface area contributed by atoms with Gasteiger partial charge in [-0.15, -0.1) is 0 Å². The lowest BCUT2D eigenvalue weighted by Crippen LogP contribution is -2.59. The SMILES string of the molecule is CC(C)C[C@H](NC(=O)[C@H](CO)NC(=O)[C@H](C)NC(=O)[C@@H](N)CCC(=O)O)C(=O)N[C@@H](CCCN=C(N)N)C(=O)O. The Morgan fingerprint density at radius 2 is 1.32 bits per heavy atom. The van der Waals surface area contributed by atoms with Gasteiger partial charge in [-0.05, 0) is 38.5 Å². The van der Waals surface area contributed by atoms with Gasteiger partial charge in [0.15, 0.2) is 5.96 Å². The van der Waals surface area contributed by atoms with Crippen molar-refractivity contribution in [1.82, 2.24) is 21.3 Å². The minimum absolute atomic E-state index is 0.0130. The average molecular weight is 575 g/mol. The van der Waals surface area contributed by atoms with Crippen molar-refractivity contribution in [2.24, 2.45) is 28.1 Å². The first kappa shape index (κ1) is 36.0. The Kier molecular flexibility index (Phi) is 16.5. The molecule has 17 nitrogen and oxygen atoms in total. The van der Waals surface area contributed by atoms with Crippen LogP contribution in [0.5, 0.6) is 0 Å². The van der Waals surface area contributed by atoms with Gasteiger partial charge < -0.3 is 53.8 Å². The van der Waals surface area contributed by atoms with Crippen molar-refractivity contribution in [3.05, 3.63) is 0 Å². The Morgan fingerprint density at radius 3 is 1.82 bits per heavy atom. The third kappa shape index (κ3) is 14.8. The first-order valence-electron chi connectivity index (χ1n) is 12.7. The maximum Gasteiger partial charge on any atom is 0.326 e. The minimum atomic E-state index is -1.51. The second kappa shape index (κ2) is 18.3. The third-order valence-corrected chi connectivity index (χ3v) is 5.47. The molecule has 0 saturated carbocycles. The van der Waals surface area contributed by atoms with Gasteiger partial charge >= 0.3 is 11.9 Å². The van der Waals surface area contributed by atoms with Crippen LogP contribution in [-0.4, -0.2) is 100 Å². The molecule has 17 heteroatoms. The van der Waals surface area contributed by atoms with Crippen molar-refractivity contribution in [1.29, 1.82) is 0 Å². The van der Waals surface area contributed by atoms with Crippen molar-refractivity contribution in [3.8, 4) is 0 Å². The summed E-state index contributed by atoms with van der Waals surface area (Å²) < 4.78 is 0. The lowest BCUT2D eigenvalue weighted by molar-refractivity contribution is -0.142. The van der Waals surface area contributed by atoms with Crippen LogP contribution in [0.1, 0.15) is 52.9 Å². The predicted molar refractivity (Wildman–Crippen MR) is 142 cm³/mol. The molecule has 0 aromatic rings. The number of nitrogens with zero attached hydrogens (tertiary/aromatic N) is 1. The molecule has 0 aliphatic carbocycles. The summed E-state index contributed by atoms with van der Waals surface area (Å²) in [6.45, 7) is 4.13. The predicted octanol–water partition coefficient (Wildman–Crippen LogP) is -3.69. The fourth-order valence-electron chi connectivity index (χ4n) is 3.30. The number of carbonyl (C=O) groups excluding carboxylic acids is 4. The minimum Gasteiger partial charge on any atom is -0.481 e. The molecular weight excluding hydrogens is 532 g/mol. The molecular formula is C23H42N8O9. The highest BCUT2D eigenvalue weighted by atomic mass is 16.4. The Bertz CT molecular complexity index is 924. The fraction of sp³-hybridized carbons (Fsp3) is 0.696. The molecule has 0 fully saturated rings. The van der Waals surface area contributed by atoms with E-state index in [1.165, 1.54) is 6.92 Å². The highest BCUT2D eigenvalue weighted by molar-refractivity contribution is 5.95. The van der Waals surface area contributed by atoms with Gasteiger partial charge in [0.05, 0.1) is 12.6 Å². The number of nitrogens with two attached hydrogens (primary N) is 3. The number of rotatable bonds is 19. The molecule has 0 aromatic heterocycles. The highest BCUT2D eigenvalue weighted by Gasteiger charge is 2.31. The van der Waals surface area contributed by atoms with E-state index in [0.717, 1.165) is 0 Å². The van der Waals surface area contributed by atoms with Crippen molar-refractivity contribution in [2.45, 2.75) is 83.1 Å². The molecule has 0 heterocycles. The molecule has 0 radical (unpaired) electrons. The number of guanidine groups is 1. The topological polar surface area (TPSA) is 302 Å². The Balaban J connectivity index is 5.26. The number of aliphatic hydroxyl groups is 1. The van der Waals surface area contributed by atoms with Crippen LogP contribution in [0.15, 0.2) is 4.99 Å². The molecule has 0 rings (SSSR count). The number of carboxylic acid groups (broad SMARTS) is 2. The summed E-state index contributed by atoms with van der Waals surface area (Å²) in [7, 11) is 0. The summed E-state index contributed by atoms with van der Waals surface area (Å²) in [6.07, 6.45) is -0.119. The molecule has 5 atom stereocenters. The number of hydrogen-bond donors (Lipinski definition) is 10. The van der Waals surface area contributed by atoms with E-state index in [2.05, 4.69) is 26.3 Å². The maximum atomic E-state index is 12.9. The van der Waals surface area contributed by atoms with Crippen molar-refractivity contribution in [3.63, 3.8) is 0 Å². The number of carboxylic acids is 2. The highest BCUT2D eigenvalue weighted by Crippen LogP contribution is 2.08. The Morgan fingerprint density at radius 1 is 0.775 bits per heavy atom. The first-order chi connectivity index (χ1) is 18.6. The molecule has 0 saturated heterocycles. The van der Waals surface area contributed by atoms with Crippen LogP contribution < -0.4 is 38.5 Å². The molecule has 40 heavy (non-hydrogen) atoms. The molecule has 0 aliphatic heterocycles. The van der Waals surface area contributed by atoms with Gasteiger partial charge in [0.25, 0.3) is 0 Å². The number of amides is 4. The van der Waals surface area contributed by atoms with Crippen LogP contribution in [-0.2, 0) is 28.8 Å². The zero-order valence-corrected chi connectivity index (χ0v) is 22.9. The molecule has 0 aromatic carbocycles. The molecule has 0 spiro atoms. The van der Waals surface area contributed by atoms with Crippen LogP contribution in [0, 0.1) is 5.92 Å². The van der Waals surface area contributed by atoms with Crippen LogP contribution in [0.3, 0.4) is 0 Å². The standard InChI is InChI=1S/C23H42N8O9/c1-11(2)9-15(20(37)29-14(22(39)40)5-4-8-27-23(25)26)30-21(38)16(10-32)31-18(35)12(3)28-19(36)13(24)6-7-17(33)34/h11-16,32H,4-10,24H2,1-3H3,(H,28,36)(H,29,37)(H,30,38)(H,31,35)(H,33,34)(H,39,40)(H4,25,26,27)/t12-,13-,14-,15-,16-/m0/s1. The summed E-state index contributed by atoms with van der Waals surface area (Å²) in [5.74, 6) is -6.05. The number of aliphatic hydroxyl groups excluding tert-OH is 1. The zero-order valence-electron chi connectivity index (χ0n) is 22.9. The fourth-order valence-corrected chi connectivity index (χ4v) is 3.30. The maximum absolute atomic E-state index is 12.9. The van der Waals surface area contributed by atoms with Gasteiger partial charge in [-0.2, -0.15) is 0 Å². The van der Waals surface area contributed by atoms with Crippen LogP contribution in [0.25, 0.3) is 0 Å². The lowest BCUT2D eigenvalue weighted by atomic mass is 10.0. The van der Waals surface area contributed by atoms with Gasteiger partial charge in [-0.25, -0.2) is 4.79 Å².